The van der Waals surface area contributed by atoms with Crippen LogP contribution in [0.4, 0.5) is 17.8 Å². The fourth-order valence-electron chi connectivity index (χ4n) is 9.18. The van der Waals surface area contributed by atoms with Crippen molar-refractivity contribution in [2.75, 3.05) is 120 Å². The molecule has 0 radical (unpaired) electrons. The van der Waals surface area contributed by atoms with Crippen LogP contribution in [0.3, 0.4) is 0 Å². The lowest BCUT2D eigenvalue weighted by Crippen LogP contribution is -2.52. The summed E-state index contributed by atoms with van der Waals surface area (Å²) >= 11 is 0. The van der Waals surface area contributed by atoms with Crippen molar-refractivity contribution in [3.05, 3.63) is 59.8 Å². The number of hydrogen-bond donors (Lipinski definition) is 5. The molecule has 5 atom stereocenters. The molecule has 7 rings (SSSR count). The highest BCUT2D eigenvalue weighted by molar-refractivity contribution is 5.83. The quantitative estimate of drug-likeness (QED) is 0.0340. The number of para-hydroxylation sites is 1. The molecule has 8 N–H and O–H groups in total. The van der Waals surface area contributed by atoms with Gasteiger partial charge in [0.1, 0.15) is 18.7 Å². The number of carbonyl (C=O) groups is 2. The fraction of sp³-hybridized carbons (Fsp3) is 0.627. The van der Waals surface area contributed by atoms with Gasteiger partial charge in [-0.1, -0.05) is 68.7 Å². The Labute approximate surface area is 434 Å². The maximum Gasteiger partial charge on any atom is 0.248 e. The summed E-state index contributed by atoms with van der Waals surface area (Å²) < 4.78 is 20.0. The first-order valence-electron chi connectivity index (χ1n) is 26.3. The number of benzene rings is 1. The average Bonchev–Trinajstić information content (AvgIpc) is 4.21. The molecule has 2 aliphatic rings. The number of aromatic nitrogens is 10. The molecule has 2 fully saturated rings. The molecule has 1 unspecified atom stereocenters. The van der Waals surface area contributed by atoms with Gasteiger partial charge in [0.25, 0.3) is 0 Å². The molecule has 0 saturated carbocycles. The van der Waals surface area contributed by atoms with E-state index in [-0.39, 0.29) is 36.4 Å². The second-order valence-electron chi connectivity index (χ2n) is 19.6. The van der Waals surface area contributed by atoms with E-state index in [4.69, 9.17) is 52.8 Å². The first-order valence-corrected chi connectivity index (χ1v) is 26.3. The van der Waals surface area contributed by atoms with Crippen LogP contribution in [0.15, 0.2) is 42.7 Å². The number of H-pyrrole nitrogens is 1. The zero-order valence-corrected chi connectivity index (χ0v) is 43.7. The molecule has 23 heteroatoms. The van der Waals surface area contributed by atoms with Gasteiger partial charge in [-0.3, -0.25) is 9.59 Å². The van der Waals surface area contributed by atoms with E-state index in [1.807, 2.05) is 40.4 Å². The van der Waals surface area contributed by atoms with Crippen LogP contribution >= 0.6 is 0 Å². The Bertz CT molecular complexity index is 2510. The number of nitrogens with one attached hydrogen (secondary N) is 2. The summed E-state index contributed by atoms with van der Waals surface area (Å²) in [5, 5.41) is 22.1. The lowest BCUT2D eigenvalue weighted by atomic mass is 9.98. The molecule has 2 aliphatic heterocycles. The Morgan fingerprint density at radius 1 is 0.784 bits per heavy atom. The number of piperazine rings is 2. The first-order chi connectivity index (χ1) is 36.0. The third-order valence-electron chi connectivity index (χ3n) is 13.7. The van der Waals surface area contributed by atoms with Crippen LogP contribution in [-0.4, -0.2) is 177 Å². The van der Waals surface area contributed by atoms with E-state index < -0.39 is 12.1 Å². The molecule has 2 saturated heterocycles. The minimum Gasteiger partial charge on any atom is -0.377 e. The van der Waals surface area contributed by atoms with Crippen molar-refractivity contribution in [1.82, 2.24) is 59.7 Å². The van der Waals surface area contributed by atoms with Crippen LogP contribution in [0.1, 0.15) is 101 Å². The van der Waals surface area contributed by atoms with Gasteiger partial charge in [-0.25, -0.2) is 9.36 Å². The van der Waals surface area contributed by atoms with Crippen LogP contribution in [0.5, 0.6) is 0 Å². The van der Waals surface area contributed by atoms with Gasteiger partial charge in [-0.15, -0.1) is 16.6 Å². The van der Waals surface area contributed by atoms with Gasteiger partial charge in [0.2, 0.25) is 29.7 Å². The number of amides is 2. The molecule has 0 bridgehead atoms. The van der Waals surface area contributed by atoms with E-state index in [0.717, 1.165) is 42.3 Å². The number of nitrogens with zero attached hydrogens (tertiary/aromatic N) is 13. The van der Waals surface area contributed by atoms with Crippen LogP contribution in [0.25, 0.3) is 10.9 Å². The predicted molar refractivity (Wildman–Crippen MR) is 283 cm³/mol. The SMILES string of the molecule is C#CCOCCOCCOCCNc1nc(N2CCN(C(=O)[C@@H](Cc3cc4ccccc4[nH]3)n3cc([C@@H](N)CC(C)C)nn3)CC2)nc(N2CCN(C(=O)[C@H](CCCCN)n3cc([C@@H](N)C(C)CC)nn3)CC2)n1. The van der Waals surface area contributed by atoms with Crippen molar-refractivity contribution in [2.45, 2.75) is 90.4 Å². The van der Waals surface area contributed by atoms with E-state index in [9.17, 15) is 9.59 Å². The van der Waals surface area contributed by atoms with Crippen molar-refractivity contribution in [2.24, 2.45) is 29.0 Å². The lowest BCUT2D eigenvalue weighted by molar-refractivity contribution is -0.136. The standard InChI is InChI=1S/C51H78N18O5/c1-6-25-72-27-29-74-30-28-73-26-16-55-49-57-50(66-21-17-64(18-22-66)47(70)44(14-10-11-15-52)68-35-43(61-63-68)46(54)37(5)7-2)59-51(58-49)67-23-19-65(20-24-67)48(71)45(33-39-32-38-12-8-9-13-41(38)56-39)69-34-42(60-62-69)40(53)31-36(3)4/h1,8-9,12-13,32,34-37,40,44-46,56H,7,10-11,14-31,33,52-54H2,2-5H3,(H,55,57,58,59)/t37?,40-,44-,45+,46-/m0/s1. The number of ether oxygens (including phenoxy) is 3. The maximum atomic E-state index is 14.7. The van der Waals surface area contributed by atoms with Gasteiger partial charge < -0.3 is 61.3 Å². The Hall–Kier alpha value is -6.29. The van der Waals surface area contributed by atoms with E-state index >= 15 is 0 Å². The summed E-state index contributed by atoms with van der Waals surface area (Å²) in [6.07, 6.45) is 13.1. The summed E-state index contributed by atoms with van der Waals surface area (Å²) in [7, 11) is 0. The van der Waals surface area contributed by atoms with Crippen molar-refractivity contribution in [3.8, 4) is 12.3 Å². The predicted octanol–water partition coefficient (Wildman–Crippen LogP) is 2.87. The molecule has 0 aliphatic carbocycles. The van der Waals surface area contributed by atoms with E-state index in [1.165, 1.54) is 0 Å². The smallest absolute Gasteiger partial charge is 0.248 e. The Kier molecular flexibility index (Phi) is 20.9. The molecule has 2 amide bonds. The van der Waals surface area contributed by atoms with E-state index in [2.05, 4.69) is 86.5 Å². The zero-order valence-electron chi connectivity index (χ0n) is 43.7. The van der Waals surface area contributed by atoms with Crippen molar-refractivity contribution in [1.29, 1.82) is 0 Å². The van der Waals surface area contributed by atoms with Crippen molar-refractivity contribution < 1.29 is 23.8 Å². The molecule has 1 aromatic carbocycles. The molecule has 0 spiro atoms. The topological polar surface area (TPSA) is 281 Å². The van der Waals surface area contributed by atoms with Crippen LogP contribution in [-0.2, 0) is 30.2 Å². The minimum absolute atomic E-state index is 0.0218. The molecule has 74 heavy (non-hydrogen) atoms. The van der Waals surface area contributed by atoms with Crippen LogP contribution in [0, 0.1) is 24.2 Å². The zero-order chi connectivity index (χ0) is 52.4. The normalized spacial score (nSPS) is 16.4. The van der Waals surface area contributed by atoms with Gasteiger partial charge in [0.05, 0.1) is 68.9 Å². The van der Waals surface area contributed by atoms with Crippen LogP contribution < -0.4 is 32.3 Å². The monoisotopic (exact) mass is 1020 g/mol. The molecule has 6 heterocycles. The number of nitrogens with two attached hydrogens (primary N) is 3. The summed E-state index contributed by atoms with van der Waals surface area (Å²) in [5.74, 6) is 4.30. The minimum atomic E-state index is -0.656. The third kappa shape index (κ3) is 15.2. The number of terminal acetylenes is 1. The Morgan fingerprint density at radius 2 is 1.38 bits per heavy atom. The van der Waals surface area contributed by atoms with Crippen molar-refractivity contribution in [3.63, 3.8) is 0 Å². The first kappa shape index (κ1) is 55.5. The fourth-order valence-corrected chi connectivity index (χ4v) is 9.18. The van der Waals surface area contributed by atoms with Gasteiger partial charge >= 0.3 is 0 Å². The number of anilines is 3. The summed E-state index contributed by atoms with van der Waals surface area (Å²) in [4.78, 5) is 55.2. The largest absolute Gasteiger partial charge is 0.377 e. The third-order valence-corrected chi connectivity index (χ3v) is 13.7. The molecule has 23 nitrogen and oxygen atoms in total. The lowest BCUT2D eigenvalue weighted by Gasteiger charge is -2.38. The van der Waals surface area contributed by atoms with Crippen molar-refractivity contribution >= 4 is 40.6 Å². The molecule has 5 aromatic rings. The highest BCUT2D eigenvalue weighted by Crippen LogP contribution is 2.27. The Morgan fingerprint density at radius 3 is 2.00 bits per heavy atom. The highest BCUT2D eigenvalue weighted by Gasteiger charge is 2.34. The molecular formula is C51H78N18O5. The van der Waals surface area contributed by atoms with Gasteiger partial charge in [0, 0.05) is 76.5 Å². The number of fused-ring (bicyclic) bond motifs is 1. The second-order valence-corrected chi connectivity index (χ2v) is 19.6. The van der Waals surface area contributed by atoms with Crippen LogP contribution in [0.2, 0.25) is 0 Å². The number of hydrogen-bond acceptors (Lipinski definition) is 18. The average molecular weight is 1020 g/mol. The maximum absolute atomic E-state index is 14.7. The summed E-state index contributed by atoms with van der Waals surface area (Å²) in [6.45, 7) is 15.4. The molecule has 4 aromatic heterocycles. The van der Waals surface area contributed by atoms with Gasteiger partial charge in [-0.2, -0.15) is 15.0 Å². The molecular weight excluding hydrogens is 945 g/mol. The highest BCUT2D eigenvalue weighted by atomic mass is 16.5. The van der Waals surface area contributed by atoms with Gasteiger partial charge in [-0.05, 0) is 61.6 Å². The molecule has 402 valence electrons. The van der Waals surface area contributed by atoms with E-state index in [0.29, 0.717) is 146 Å². The van der Waals surface area contributed by atoms with Gasteiger partial charge in [0.15, 0.2) is 0 Å². The second kappa shape index (κ2) is 27.8. The summed E-state index contributed by atoms with van der Waals surface area (Å²) in [6, 6.07) is 8.39. The number of rotatable bonds is 29. The Balaban J connectivity index is 1.04. The number of carbonyl (C=O) groups excluding carboxylic acids is 2. The number of unbranched alkanes of at least 4 members (excludes halogenated alkanes) is 1. The number of aromatic amines is 1. The van der Waals surface area contributed by atoms with E-state index in [1.54, 1.807) is 9.36 Å². The summed E-state index contributed by atoms with van der Waals surface area (Å²) in [5.41, 5.74) is 22.2.